The average molecular weight is 268 g/mol. The van der Waals surface area contributed by atoms with Crippen LogP contribution in [0.4, 0.5) is 5.69 Å². The SMILES string of the molecule is N#Cc1c(N)cccc1OCCCOc1ccccc1. The molecule has 2 aromatic carbocycles. The molecule has 4 heteroatoms. The minimum Gasteiger partial charge on any atom is -0.493 e. The number of hydrogen-bond acceptors (Lipinski definition) is 4. The summed E-state index contributed by atoms with van der Waals surface area (Å²) in [5.41, 5.74) is 6.53. The number of nitrogens with zero attached hydrogens (tertiary/aromatic N) is 1. The Labute approximate surface area is 118 Å². The minimum atomic E-state index is 0.386. The van der Waals surface area contributed by atoms with Crippen molar-refractivity contribution >= 4 is 5.69 Å². The van der Waals surface area contributed by atoms with Crippen LogP contribution in [-0.4, -0.2) is 13.2 Å². The molecule has 102 valence electrons. The predicted molar refractivity (Wildman–Crippen MR) is 77.6 cm³/mol. The van der Waals surface area contributed by atoms with Crippen LogP contribution in [-0.2, 0) is 0 Å². The Morgan fingerprint density at radius 3 is 2.45 bits per heavy atom. The zero-order valence-electron chi connectivity index (χ0n) is 11.1. The third-order valence-electron chi connectivity index (χ3n) is 2.73. The molecule has 0 aliphatic carbocycles. The number of hydrogen-bond donors (Lipinski definition) is 1. The Morgan fingerprint density at radius 1 is 0.950 bits per heavy atom. The summed E-state index contributed by atoms with van der Waals surface area (Å²) in [4.78, 5) is 0. The van der Waals surface area contributed by atoms with E-state index in [1.807, 2.05) is 36.4 Å². The second-order valence-electron chi connectivity index (χ2n) is 4.20. The number of nitrogens with two attached hydrogens (primary N) is 1. The summed E-state index contributed by atoms with van der Waals surface area (Å²) in [6, 6.07) is 16.9. The minimum absolute atomic E-state index is 0.386. The van der Waals surface area contributed by atoms with Crippen molar-refractivity contribution < 1.29 is 9.47 Å². The van der Waals surface area contributed by atoms with Gasteiger partial charge >= 0.3 is 0 Å². The average Bonchev–Trinajstić information content (AvgIpc) is 2.48. The summed E-state index contributed by atoms with van der Waals surface area (Å²) in [6.07, 6.45) is 0.731. The molecule has 2 aromatic rings. The fourth-order valence-electron chi connectivity index (χ4n) is 1.74. The van der Waals surface area contributed by atoms with Crippen LogP contribution in [0.1, 0.15) is 12.0 Å². The maximum absolute atomic E-state index is 9.02. The number of anilines is 1. The van der Waals surface area contributed by atoms with E-state index in [9.17, 15) is 0 Å². The quantitative estimate of drug-likeness (QED) is 0.646. The second kappa shape index (κ2) is 7.05. The summed E-state index contributed by atoms with van der Waals surface area (Å²) in [6.45, 7) is 1.04. The molecular formula is C16H16N2O2. The van der Waals surface area contributed by atoms with Crippen LogP contribution in [0.15, 0.2) is 48.5 Å². The molecule has 2 N–H and O–H groups in total. The van der Waals surface area contributed by atoms with Gasteiger partial charge in [0, 0.05) is 6.42 Å². The maximum Gasteiger partial charge on any atom is 0.139 e. The molecule has 4 nitrogen and oxygen atoms in total. The molecule has 0 saturated carbocycles. The van der Waals surface area contributed by atoms with Gasteiger partial charge in [-0.15, -0.1) is 0 Å². The molecule has 0 unspecified atom stereocenters. The van der Waals surface area contributed by atoms with Crippen molar-refractivity contribution in [1.82, 2.24) is 0 Å². The molecule has 0 aliphatic heterocycles. The lowest BCUT2D eigenvalue weighted by atomic mass is 10.2. The van der Waals surface area contributed by atoms with Gasteiger partial charge < -0.3 is 15.2 Å². The van der Waals surface area contributed by atoms with Crippen molar-refractivity contribution in [1.29, 1.82) is 5.26 Å². The molecule has 0 aliphatic rings. The smallest absolute Gasteiger partial charge is 0.139 e. The van der Waals surface area contributed by atoms with Gasteiger partial charge in [0.1, 0.15) is 23.1 Å². The number of ether oxygens (including phenoxy) is 2. The molecule has 0 radical (unpaired) electrons. The highest BCUT2D eigenvalue weighted by atomic mass is 16.5. The summed E-state index contributed by atoms with van der Waals surface area (Å²) >= 11 is 0. The summed E-state index contributed by atoms with van der Waals surface area (Å²) in [5.74, 6) is 1.36. The molecule has 0 amide bonds. The number of para-hydroxylation sites is 1. The third kappa shape index (κ3) is 3.66. The lowest BCUT2D eigenvalue weighted by Crippen LogP contribution is -2.06. The summed E-state index contributed by atoms with van der Waals surface area (Å²) in [5, 5.41) is 9.02. The highest BCUT2D eigenvalue weighted by Gasteiger charge is 2.06. The van der Waals surface area contributed by atoms with Crippen molar-refractivity contribution in [3.8, 4) is 17.6 Å². The molecular weight excluding hydrogens is 252 g/mol. The van der Waals surface area contributed by atoms with E-state index in [4.69, 9.17) is 20.5 Å². The maximum atomic E-state index is 9.02. The third-order valence-corrected chi connectivity index (χ3v) is 2.73. The van der Waals surface area contributed by atoms with E-state index in [-0.39, 0.29) is 0 Å². The Balaban J connectivity index is 1.77. The van der Waals surface area contributed by atoms with Crippen LogP contribution in [0, 0.1) is 11.3 Å². The fourth-order valence-corrected chi connectivity index (χ4v) is 1.74. The first-order chi connectivity index (χ1) is 9.81. The zero-order valence-corrected chi connectivity index (χ0v) is 11.1. The highest BCUT2D eigenvalue weighted by molar-refractivity contribution is 5.60. The zero-order chi connectivity index (χ0) is 14.2. The van der Waals surface area contributed by atoms with E-state index >= 15 is 0 Å². The summed E-state index contributed by atoms with van der Waals surface area (Å²) < 4.78 is 11.1. The Hall–Kier alpha value is -2.67. The van der Waals surface area contributed by atoms with Gasteiger partial charge in [-0.05, 0) is 24.3 Å². The molecule has 0 atom stereocenters. The van der Waals surface area contributed by atoms with Crippen molar-refractivity contribution in [2.75, 3.05) is 18.9 Å². The van der Waals surface area contributed by atoms with Crippen molar-refractivity contribution in [3.63, 3.8) is 0 Å². The lowest BCUT2D eigenvalue weighted by Gasteiger charge is -2.10. The highest BCUT2D eigenvalue weighted by Crippen LogP contribution is 2.23. The number of nitriles is 1. The molecule has 0 heterocycles. The van der Waals surface area contributed by atoms with Gasteiger partial charge in [0.05, 0.1) is 18.9 Å². The largest absolute Gasteiger partial charge is 0.493 e. The first kappa shape index (κ1) is 13.8. The van der Waals surface area contributed by atoms with Crippen molar-refractivity contribution in [2.45, 2.75) is 6.42 Å². The Morgan fingerprint density at radius 2 is 1.70 bits per heavy atom. The topological polar surface area (TPSA) is 68.3 Å². The Bertz CT molecular complexity index is 591. The molecule has 0 fully saturated rings. The standard InChI is InChI=1S/C16H16N2O2/c17-12-14-15(18)8-4-9-16(14)20-11-5-10-19-13-6-2-1-3-7-13/h1-4,6-9H,5,10-11,18H2. The fraction of sp³-hybridized carbons (Fsp3) is 0.188. The van der Waals surface area contributed by atoms with Crippen molar-refractivity contribution in [2.24, 2.45) is 0 Å². The predicted octanol–water partition coefficient (Wildman–Crippen LogP) is 2.99. The van der Waals surface area contributed by atoms with E-state index in [0.717, 1.165) is 12.2 Å². The normalized spacial score (nSPS) is 9.75. The Kier molecular flexibility index (Phi) is 4.85. The molecule has 0 saturated heterocycles. The van der Waals surface area contributed by atoms with Gasteiger partial charge in [-0.1, -0.05) is 24.3 Å². The number of rotatable bonds is 6. The van der Waals surface area contributed by atoms with Gasteiger partial charge in [0.2, 0.25) is 0 Å². The van der Waals surface area contributed by atoms with Crippen LogP contribution in [0.5, 0.6) is 11.5 Å². The number of benzene rings is 2. The van der Waals surface area contributed by atoms with Gasteiger partial charge in [0.25, 0.3) is 0 Å². The first-order valence-electron chi connectivity index (χ1n) is 6.40. The van der Waals surface area contributed by atoms with Crippen LogP contribution < -0.4 is 15.2 Å². The first-order valence-corrected chi connectivity index (χ1v) is 6.40. The van der Waals surface area contributed by atoms with E-state index in [2.05, 4.69) is 0 Å². The van der Waals surface area contributed by atoms with E-state index < -0.39 is 0 Å². The molecule has 0 spiro atoms. The molecule has 20 heavy (non-hydrogen) atoms. The van der Waals surface area contributed by atoms with Crippen molar-refractivity contribution in [3.05, 3.63) is 54.1 Å². The van der Waals surface area contributed by atoms with Crippen LogP contribution in [0.25, 0.3) is 0 Å². The second-order valence-corrected chi connectivity index (χ2v) is 4.20. The van der Waals surface area contributed by atoms with Gasteiger partial charge in [-0.25, -0.2) is 0 Å². The van der Waals surface area contributed by atoms with Gasteiger partial charge in [-0.2, -0.15) is 5.26 Å². The van der Waals surface area contributed by atoms with Crippen LogP contribution >= 0.6 is 0 Å². The molecule has 0 aromatic heterocycles. The van der Waals surface area contributed by atoms with E-state index in [1.165, 1.54) is 0 Å². The number of nitrogen functional groups attached to an aromatic ring is 1. The monoisotopic (exact) mass is 268 g/mol. The van der Waals surface area contributed by atoms with Gasteiger partial charge in [0.15, 0.2) is 0 Å². The van der Waals surface area contributed by atoms with Crippen LogP contribution in [0.3, 0.4) is 0 Å². The summed E-state index contributed by atoms with van der Waals surface area (Å²) in [7, 11) is 0. The van der Waals surface area contributed by atoms with Gasteiger partial charge in [-0.3, -0.25) is 0 Å². The van der Waals surface area contributed by atoms with Crippen LogP contribution in [0.2, 0.25) is 0 Å². The molecule has 0 bridgehead atoms. The lowest BCUT2D eigenvalue weighted by molar-refractivity contribution is 0.247. The van der Waals surface area contributed by atoms with E-state index in [1.54, 1.807) is 18.2 Å². The molecule has 2 rings (SSSR count). The van der Waals surface area contributed by atoms with E-state index in [0.29, 0.717) is 30.2 Å².